The Morgan fingerprint density at radius 1 is 1.09 bits per heavy atom. The van der Waals surface area contributed by atoms with E-state index in [1.807, 2.05) is 0 Å². The monoisotopic (exact) mass is 343 g/mol. The Labute approximate surface area is 133 Å². The van der Waals surface area contributed by atoms with Crippen LogP contribution in [0, 0.1) is 0 Å². The third-order valence-electron chi connectivity index (χ3n) is 3.24. The second kappa shape index (κ2) is 5.52. The molecule has 2 nitrogen and oxygen atoms in total. The van der Waals surface area contributed by atoms with Crippen molar-refractivity contribution in [3.05, 3.63) is 47.0 Å². The van der Waals surface area contributed by atoms with Gasteiger partial charge in [0.15, 0.2) is 0 Å². The van der Waals surface area contributed by atoms with E-state index in [0.717, 1.165) is 17.0 Å². The molecule has 1 N–H and O–H groups in total. The minimum absolute atomic E-state index is 0.101. The van der Waals surface area contributed by atoms with Crippen LogP contribution in [0.4, 0.5) is 18.9 Å². The lowest BCUT2D eigenvalue weighted by Crippen LogP contribution is -2.18. The number of rotatable bonds is 1. The number of nitrogens with one attached hydrogen (secondary N) is 1. The number of carbonyl (C=O) groups is 1. The van der Waals surface area contributed by atoms with Crippen LogP contribution in [0.5, 0.6) is 0 Å². The number of alkyl halides is 3. The molecule has 0 atom stereocenters. The van der Waals surface area contributed by atoms with E-state index in [4.69, 9.17) is 11.6 Å². The van der Waals surface area contributed by atoms with Crippen LogP contribution in [0.3, 0.4) is 0 Å². The van der Waals surface area contributed by atoms with Crippen LogP contribution in [0.1, 0.15) is 5.56 Å². The topological polar surface area (TPSA) is 29.1 Å². The van der Waals surface area contributed by atoms with Crippen LogP contribution in [-0.4, -0.2) is 11.7 Å². The fourth-order valence-electron chi connectivity index (χ4n) is 2.18. The maximum atomic E-state index is 12.6. The van der Waals surface area contributed by atoms with Gasteiger partial charge in [0, 0.05) is 5.56 Å². The zero-order chi connectivity index (χ0) is 15.9. The van der Waals surface area contributed by atoms with Gasteiger partial charge in [-0.2, -0.15) is 13.2 Å². The standard InChI is InChI=1S/C15H9ClF3NOS/c16-13-10(5-6-11-14(13)22-7-12(21)20-11)8-1-3-9(4-2-8)15(17,18)19/h1-6H,7H2,(H,20,21). The zero-order valence-electron chi connectivity index (χ0n) is 11.0. The van der Waals surface area contributed by atoms with Crippen LogP contribution in [0.2, 0.25) is 5.02 Å². The second-order valence-electron chi connectivity index (χ2n) is 4.72. The van der Waals surface area contributed by atoms with Crippen molar-refractivity contribution in [2.24, 2.45) is 0 Å². The molecule has 3 rings (SSSR count). The molecule has 0 bridgehead atoms. The van der Waals surface area contributed by atoms with Gasteiger partial charge in [0.05, 0.1) is 26.9 Å². The lowest BCUT2D eigenvalue weighted by Gasteiger charge is -2.19. The summed E-state index contributed by atoms with van der Waals surface area (Å²) in [6, 6.07) is 8.24. The highest BCUT2D eigenvalue weighted by Gasteiger charge is 2.30. The maximum Gasteiger partial charge on any atom is 0.416 e. The molecule has 0 unspecified atom stereocenters. The molecule has 0 radical (unpaired) electrons. The minimum Gasteiger partial charge on any atom is -0.324 e. The van der Waals surface area contributed by atoms with Crippen molar-refractivity contribution in [2.75, 3.05) is 11.1 Å². The number of hydrogen-bond acceptors (Lipinski definition) is 2. The summed E-state index contributed by atoms with van der Waals surface area (Å²) in [5, 5.41) is 3.15. The molecule has 7 heteroatoms. The summed E-state index contributed by atoms with van der Waals surface area (Å²) >= 11 is 7.66. The third-order valence-corrected chi connectivity index (χ3v) is 4.87. The lowest BCUT2D eigenvalue weighted by molar-refractivity contribution is -0.137. The van der Waals surface area contributed by atoms with Gasteiger partial charge in [-0.15, -0.1) is 11.8 Å². The van der Waals surface area contributed by atoms with Gasteiger partial charge in [0.2, 0.25) is 5.91 Å². The first-order chi connectivity index (χ1) is 10.4. The smallest absolute Gasteiger partial charge is 0.324 e. The molecule has 2 aromatic rings. The van der Waals surface area contributed by atoms with Crippen molar-refractivity contribution in [1.29, 1.82) is 0 Å². The van der Waals surface area contributed by atoms with Crippen molar-refractivity contribution in [3.8, 4) is 11.1 Å². The molecule has 0 saturated heterocycles. The molecular weight excluding hydrogens is 335 g/mol. The van der Waals surface area contributed by atoms with Gasteiger partial charge in [0.25, 0.3) is 0 Å². The number of anilines is 1. The summed E-state index contributed by atoms with van der Waals surface area (Å²) in [5.74, 6) is 0.166. The number of amides is 1. The largest absolute Gasteiger partial charge is 0.416 e. The Bertz CT molecular complexity index is 744. The predicted molar refractivity (Wildman–Crippen MR) is 81.2 cm³/mol. The predicted octanol–water partition coefficient (Wildman–Crippen LogP) is 5.07. The first-order valence-corrected chi connectivity index (χ1v) is 7.65. The SMILES string of the molecule is O=C1CSc2c(ccc(-c3ccc(C(F)(F)F)cc3)c2Cl)N1. The van der Waals surface area contributed by atoms with E-state index in [1.165, 1.54) is 23.9 Å². The van der Waals surface area contributed by atoms with E-state index in [-0.39, 0.29) is 11.7 Å². The molecule has 114 valence electrons. The van der Waals surface area contributed by atoms with Crippen LogP contribution in [-0.2, 0) is 11.0 Å². The van der Waals surface area contributed by atoms with Crippen molar-refractivity contribution in [3.63, 3.8) is 0 Å². The molecule has 0 aliphatic carbocycles. The lowest BCUT2D eigenvalue weighted by atomic mass is 10.0. The zero-order valence-corrected chi connectivity index (χ0v) is 12.6. The molecule has 1 aliphatic rings. The molecule has 22 heavy (non-hydrogen) atoms. The maximum absolute atomic E-state index is 12.6. The first kappa shape index (κ1) is 15.2. The third kappa shape index (κ3) is 2.80. The van der Waals surface area contributed by atoms with E-state index in [0.29, 0.717) is 21.8 Å². The van der Waals surface area contributed by atoms with Crippen LogP contribution in [0.25, 0.3) is 11.1 Å². The van der Waals surface area contributed by atoms with E-state index < -0.39 is 11.7 Å². The van der Waals surface area contributed by atoms with Gasteiger partial charge in [-0.3, -0.25) is 4.79 Å². The van der Waals surface area contributed by atoms with Gasteiger partial charge in [-0.25, -0.2) is 0 Å². The van der Waals surface area contributed by atoms with Crippen molar-refractivity contribution in [2.45, 2.75) is 11.1 Å². The van der Waals surface area contributed by atoms with Crippen molar-refractivity contribution < 1.29 is 18.0 Å². The fourth-order valence-corrected chi connectivity index (χ4v) is 3.48. The highest BCUT2D eigenvalue weighted by Crippen LogP contribution is 2.43. The highest BCUT2D eigenvalue weighted by molar-refractivity contribution is 8.00. The molecule has 0 saturated carbocycles. The van der Waals surface area contributed by atoms with Gasteiger partial charge in [0.1, 0.15) is 0 Å². The Morgan fingerprint density at radius 2 is 1.77 bits per heavy atom. The number of thioether (sulfide) groups is 1. The molecular formula is C15H9ClF3NOS. The minimum atomic E-state index is -4.36. The number of benzene rings is 2. The summed E-state index contributed by atoms with van der Waals surface area (Å²) in [6.07, 6.45) is -4.36. The molecule has 1 heterocycles. The Hall–Kier alpha value is -1.66. The van der Waals surface area contributed by atoms with Crippen molar-refractivity contribution >= 4 is 35.0 Å². The molecule has 1 aliphatic heterocycles. The van der Waals surface area contributed by atoms with Crippen LogP contribution < -0.4 is 5.32 Å². The number of hydrogen-bond donors (Lipinski definition) is 1. The fraction of sp³-hybridized carbons (Fsp3) is 0.133. The highest BCUT2D eigenvalue weighted by atomic mass is 35.5. The summed E-state index contributed by atoms with van der Waals surface area (Å²) in [6.45, 7) is 0. The summed E-state index contributed by atoms with van der Waals surface area (Å²) in [4.78, 5) is 12.1. The quantitative estimate of drug-likeness (QED) is 0.783. The average molecular weight is 344 g/mol. The van der Waals surface area contributed by atoms with Crippen LogP contribution >= 0.6 is 23.4 Å². The molecule has 1 amide bonds. The summed E-state index contributed by atoms with van der Waals surface area (Å²) < 4.78 is 37.8. The number of fused-ring (bicyclic) bond motifs is 1. The molecule has 2 aromatic carbocycles. The molecule has 0 fully saturated rings. The van der Waals surface area contributed by atoms with E-state index in [1.54, 1.807) is 12.1 Å². The number of halogens is 4. The second-order valence-corrected chi connectivity index (χ2v) is 6.08. The van der Waals surface area contributed by atoms with E-state index in [9.17, 15) is 18.0 Å². The first-order valence-electron chi connectivity index (χ1n) is 6.29. The summed E-state index contributed by atoms with van der Waals surface area (Å²) in [7, 11) is 0. The van der Waals surface area contributed by atoms with E-state index in [2.05, 4.69) is 5.32 Å². The Kier molecular flexibility index (Phi) is 3.82. The van der Waals surface area contributed by atoms with Gasteiger partial charge < -0.3 is 5.32 Å². The van der Waals surface area contributed by atoms with Crippen LogP contribution in [0.15, 0.2) is 41.3 Å². The normalized spacial score (nSPS) is 14.5. The molecule has 0 spiro atoms. The Balaban J connectivity index is 2.01. The van der Waals surface area contributed by atoms with Gasteiger partial charge >= 0.3 is 6.18 Å². The van der Waals surface area contributed by atoms with Gasteiger partial charge in [-0.1, -0.05) is 29.8 Å². The van der Waals surface area contributed by atoms with Gasteiger partial charge in [-0.05, 0) is 23.8 Å². The van der Waals surface area contributed by atoms with E-state index >= 15 is 0 Å². The Morgan fingerprint density at radius 3 is 2.41 bits per heavy atom. The summed E-state index contributed by atoms with van der Waals surface area (Å²) in [5.41, 5.74) is 1.16. The molecule has 0 aromatic heterocycles. The average Bonchev–Trinajstić information content (AvgIpc) is 2.47. The van der Waals surface area contributed by atoms with Crippen molar-refractivity contribution in [1.82, 2.24) is 0 Å². The number of carbonyl (C=O) groups excluding carboxylic acids is 1.